The maximum atomic E-state index is 12.2. The molecule has 2 unspecified atom stereocenters. The monoisotopic (exact) mass is 389 g/mol. The minimum absolute atomic E-state index is 0. The van der Waals surface area contributed by atoms with Crippen LogP contribution in [0.3, 0.4) is 0 Å². The summed E-state index contributed by atoms with van der Waals surface area (Å²) < 4.78 is 0. The molecule has 0 aliphatic heterocycles. The normalized spacial score (nSPS) is 17.7. The standard InChI is InChI=1S/C19H31N3O.2ClH/c1-15(13-20-3)18(23)21-14-19(11-7-8-12-19)22-16(2)17-9-5-4-6-10-17;;/h4-6,9-10,15-16,20,22H,7-8,11-14H2,1-3H3,(H,21,23);2*1H. The zero-order chi connectivity index (χ0) is 16.7. The van der Waals surface area contributed by atoms with Crippen molar-refractivity contribution in [3.05, 3.63) is 35.9 Å². The highest BCUT2D eigenvalue weighted by Gasteiger charge is 2.35. The molecule has 0 bridgehead atoms. The van der Waals surface area contributed by atoms with Gasteiger partial charge in [-0.05, 0) is 32.4 Å². The van der Waals surface area contributed by atoms with Crippen molar-refractivity contribution in [2.24, 2.45) is 5.92 Å². The van der Waals surface area contributed by atoms with Crippen LogP contribution in [0.25, 0.3) is 0 Å². The van der Waals surface area contributed by atoms with Gasteiger partial charge in [-0.15, -0.1) is 24.8 Å². The van der Waals surface area contributed by atoms with Crippen LogP contribution in [0.5, 0.6) is 0 Å². The third-order valence-corrected chi connectivity index (χ3v) is 4.94. The Kier molecular flexibility index (Phi) is 11.4. The number of rotatable bonds is 8. The molecule has 1 amide bonds. The summed E-state index contributed by atoms with van der Waals surface area (Å²) in [5.41, 5.74) is 1.33. The average Bonchev–Trinajstić information content (AvgIpc) is 3.02. The van der Waals surface area contributed by atoms with Crippen LogP contribution in [-0.4, -0.2) is 31.6 Å². The second kappa shape index (κ2) is 11.7. The molecule has 1 fully saturated rings. The maximum absolute atomic E-state index is 12.2. The van der Waals surface area contributed by atoms with Crippen LogP contribution >= 0.6 is 24.8 Å². The van der Waals surface area contributed by atoms with E-state index < -0.39 is 0 Å². The summed E-state index contributed by atoms with van der Waals surface area (Å²) in [6, 6.07) is 10.8. The van der Waals surface area contributed by atoms with E-state index in [1.807, 2.05) is 20.0 Å². The Hall–Kier alpha value is -0.810. The first-order valence-electron chi connectivity index (χ1n) is 8.81. The Bertz CT molecular complexity index is 493. The van der Waals surface area contributed by atoms with Gasteiger partial charge in [0.2, 0.25) is 5.91 Å². The summed E-state index contributed by atoms with van der Waals surface area (Å²) in [4.78, 5) is 12.2. The highest BCUT2D eigenvalue weighted by molar-refractivity contribution is 5.85. The molecule has 144 valence electrons. The highest BCUT2D eigenvalue weighted by atomic mass is 35.5. The Balaban J connectivity index is 0.00000288. The highest BCUT2D eigenvalue weighted by Crippen LogP contribution is 2.31. The van der Waals surface area contributed by atoms with Gasteiger partial charge in [0, 0.05) is 30.6 Å². The predicted molar refractivity (Wildman–Crippen MR) is 110 cm³/mol. The summed E-state index contributed by atoms with van der Waals surface area (Å²) in [5, 5.41) is 10.0. The average molecular weight is 390 g/mol. The molecule has 1 aromatic rings. The topological polar surface area (TPSA) is 53.2 Å². The largest absolute Gasteiger partial charge is 0.354 e. The van der Waals surface area contributed by atoms with Gasteiger partial charge in [-0.2, -0.15) is 0 Å². The summed E-state index contributed by atoms with van der Waals surface area (Å²) >= 11 is 0. The first kappa shape index (κ1) is 24.2. The lowest BCUT2D eigenvalue weighted by Gasteiger charge is -2.34. The van der Waals surface area contributed by atoms with Crippen molar-refractivity contribution in [3.8, 4) is 0 Å². The smallest absolute Gasteiger partial charge is 0.224 e. The molecule has 0 spiro atoms. The molecule has 2 atom stereocenters. The molecule has 4 nitrogen and oxygen atoms in total. The Morgan fingerprint density at radius 2 is 1.72 bits per heavy atom. The van der Waals surface area contributed by atoms with Gasteiger partial charge in [0.05, 0.1) is 0 Å². The molecule has 1 aliphatic carbocycles. The molecule has 0 aromatic heterocycles. The van der Waals surface area contributed by atoms with Gasteiger partial charge in [-0.25, -0.2) is 0 Å². The second-order valence-corrected chi connectivity index (χ2v) is 6.94. The van der Waals surface area contributed by atoms with Gasteiger partial charge in [0.15, 0.2) is 0 Å². The van der Waals surface area contributed by atoms with Crippen molar-refractivity contribution < 1.29 is 4.79 Å². The third kappa shape index (κ3) is 7.14. The van der Waals surface area contributed by atoms with Crippen LogP contribution in [0.1, 0.15) is 51.1 Å². The Labute approximate surface area is 164 Å². The quantitative estimate of drug-likeness (QED) is 0.637. The fourth-order valence-corrected chi connectivity index (χ4v) is 3.54. The van der Waals surface area contributed by atoms with E-state index in [9.17, 15) is 4.79 Å². The van der Waals surface area contributed by atoms with E-state index in [1.54, 1.807) is 0 Å². The van der Waals surface area contributed by atoms with Gasteiger partial charge < -0.3 is 16.0 Å². The van der Waals surface area contributed by atoms with Crippen LogP contribution in [0.2, 0.25) is 0 Å². The van der Waals surface area contributed by atoms with Gasteiger partial charge in [-0.3, -0.25) is 4.79 Å². The zero-order valence-electron chi connectivity index (χ0n) is 15.5. The number of nitrogens with one attached hydrogen (secondary N) is 3. The number of hydrogen-bond acceptors (Lipinski definition) is 3. The van der Waals surface area contributed by atoms with Gasteiger partial charge in [-0.1, -0.05) is 50.1 Å². The fraction of sp³-hybridized carbons (Fsp3) is 0.632. The SMILES string of the molecule is CNCC(C)C(=O)NCC1(NC(C)c2ccccc2)CCCC1.Cl.Cl. The first-order valence-corrected chi connectivity index (χ1v) is 8.81. The molecule has 1 aromatic carbocycles. The molecule has 0 radical (unpaired) electrons. The minimum atomic E-state index is 0. The molecule has 2 rings (SSSR count). The first-order chi connectivity index (χ1) is 11.1. The molecular formula is C19H33Cl2N3O. The summed E-state index contributed by atoms with van der Waals surface area (Å²) in [6.07, 6.45) is 4.72. The minimum Gasteiger partial charge on any atom is -0.354 e. The lowest BCUT2D eigenvalue weighted by molar-refractivity contribution is -0.124. The number of halogens is 2. The summed E-state index contributed by atoms with van der Waals surface area (Å²) in [7, 11) is 1.88. The van der Waals surface area contributed by atoms with Crippen molar-refractivity contribution in [2.45, 2.75) is 51.1 Å². The van der Waals surface area contributed by atoms with Crippen molar-refractivity contribution in [1.82, 2.24) is 16.0 Å². The molecule has 1 aliphatic rings. The zero-order valence-corrected chi connectivity index (χ0v) is 17.1. The lowest BCUT2D eigenvalue weighted by Crippen LogP contribution is -2.53. The van der Waals surface area contributed by atoms with Crippen molar-refractivity contribution in [2.75, 3.05) is 20.1 Å². The van der Waals surface area contributed by atoms with Crippen LogP contribution in [0.15, 0.2) is 30.3 Å². The molecule has 0 saturated heterocycles. The number of carbonyl (C=O) groups is 1. The number of amides is 1. The molecule has 0 heterocycles. The van der Waals surface area contributed by atoms with E-state index in [-0.39, 0.29) is 42.2 Å². The van der Waals surface area contributed by atoms with Gasteiger partial charge in [0.1, 0.15) is 0 Å². The van der Waals surface area contributed by atoms with E-state index in [0.29, 0.717) is 12.6 Å². The van der Waals surface area contributed by atoms with E-state index in [1.165, 1.54) is 18.4 Å². The van der Waals surface area contributed by atoms with Crippen LogP contribution < -0.4 is 16.0 Å². The summed E-state index contributed by atoms with van der Waals surface area (Å²) in [6.45, 7) is 5.61. The van der Waals surface area contributed by atoms with E-state index in [2.05, 4.69) is 47.1 Å². The van der Waals surface area contributed by atoms with Crippen molar-refractivity contribution in [1.29, 1.82) is 0 Å². The Morgan fingerprint density at radius 1 is 1.12 bits per heavy atom. The fourth-order valence-electron chi connectivity index (χ4n) is 3.54. The van der Waals surface area contributed by atoms with E-state index >= 15 is 0 Å². The predicted octanol–water partition coefficient (Wildman–Crippen LogP) is 3.47. The third-order valence-electron chi connectivity index (χ3n) is 4.94. The lowest BCUT2D eigenvalue weighted by atomic mass is 9.94. The van der Waals surface area contributed by atoms with Crippen LogP contribution in [0, 0.1) is 5.92 Å². The second-order valence-electron chi connectivity index (χ2n) is 6.94. The van der Waals surface area contributed by atoms with E-state index in [0.717, 1.165) is 19.4 Å². The van der Waals surface area contributed by atoms with Crippen molar-refractivity contribution >= 4 is 30.7 Å². The van der Waals surface area contributed by atoms with Crippen LogP contribution in [0.4, 0.5) is 0 Å². The molecule has 6 heteroatoms. The molecule has 1 saturated carbocycles. The maximum Gasteiger partial charge on any atom is 0.224 e. The number of carbonyl (C=O) groups excluding carboxylic acids is 1. The van der Waals surface area contributed by atoms with Gasteiger partial charge >= 0.3 is 0 Å². The molecule has 25 heavy (non-hydrogen) atoms. The van der Waals surface area contributed by atoms with E-state index in [4.69, 9.17) is 0 Å². The Morgan fingerprint density at radius 3 is 2.28 bits per heavy atom. The number of hydrogen-bond donors (Lipinski definition) is 3. The molecule has 3 N–H and O–H groups in total. The van der Waals surface area contributed by atoms with Crippen molar-refractivity contribution in [3.63, 3.8) is 0 Å². The molecular weight excluding hydrogens is 357 g/mol. The van der Waals surface area contributed by atoms with Gasteiger partial charge in [0.25, 0.3) is 0 Å². The summed E-state index contributed by atoms with van der Waals surface area (Å²) in [5.74, 6) is 0.143. The number of benzene rings is 1. The van der Waals surface area contributed by atoms with Crippen LogP contribution in [-0.2, 0) is 4.79 Å².